The highest BCUT2D eigenvalue weighted by molar-refractivity contribution is 7.91. The molecule has 0 unspecified atom stereocenters. The Hall–Kier alpha value is -1.09. The van der Waals surface area contributed by atoms with Gasteiger partial charge in [0, 0.05) is 63.3 Å². The molecule has 1 aromatic heterocycles. The number of piperazine rings is 1. The molecule has 2 aliphatic rings. The lowest BCUT2D eigenvalue weighted by Crippen LogP contribution is -2.59. The van der Waals surface area contributed by atoms with Gasteiger partial charge in [0.05, 0.1) is 11.5 Å². The third-order valence-electron chi connectivity index (χ3n) is 4.92. The average molecular weight is 369 g/mol. The Morgan fingerprint density at radius 2 is 1.76 bits per heavy atom. The summed E-state index contributed by atoms with van der Waals surface area (Å²) < 4.78 is 29.5. The van der Waals surface area contributed by atoms with E-state index in [1.54, 1.807) is 7.11 Å². The molecule has 0 amide bonds. The fraction of sp³-hybridized carbons (Fsp3) is 0.765. The monoisotopic (exact) mass is 368 g/mol. The summed E-state index contributed by atoms with van der Waals surface area (Å²) in [7, 11) is -1.35. The second kappa shape index (κ2) is 7.65. The molecule has 0 aromatic carbocycles. The lowest BCUT2D eigenvalue weighted by molar-refractivity contribution is 0.0336. The van der Waals surface area contributed by atoms with Gasteiger partial charge in [-0.25, -0.2) is 18.4 Å². The molecule has 2 atom stereocenters. The molecule has 2 fully saturated rings. The zero-order valence-corrected chi connectivity index (χ0v) is 16.1. The Morgan fingerprint density at radius 1 is 1.16 bits per heavy atom. The van der Waals surface area contributed by atoms with E-state index in [2.05, 4.69) is 33.6 Å². The van der Waals surface area contributed by atoms with Crippen LogP contribution in [0.5, 0.6) is 0 Å². The van der Waals surface area contributed by atoms with Crippen LogP contribution < -0.4 is 0 Å². The molecule has 0 saturated carbocycles. The number of methoxy groups -OCH3 is 1. The number of fused-ring (bicyclic) bond motifs is 1. The molecule has 3 rings (SSSR count). The van der Waals surface area contributed by atoms with Gasteiger partial charge in [0.15, 0.2) is 15.7 Å². The highest BCUT2D eigenvalue weighted by Gasteiger charge is 2.46. The van der Waals surface area contributed by atoms with E-state index in [1.807, 2.05) is 12.4 Å². The van der Waals surface area contributed by atoms with Gasteiger partial charge in [0.25, 0.3) is 0 Å². The first-order valence-corrected chi connectivity index (χ1v) is 10.7. The van der Waals surface area contributed by atoms with Crippen molar-refractivity contribution in [3.05, 3.63) is 23.8 Å². The van der Waals surface area contributed by atoms with E-state index in [0.717, 1.165) is 25.2 Å². The molecular weight excluding hydrogens is 340 g/mol. The smallest absolute Gasteiger partial charge is 0.153 e. The highest BCUT2D eigenvalue weighted by Crippen LogP contribution is 2.28. The van der Waals surface area contributed by atoms with Crippen molar-refractivity contribution >= 4 is 9.84 Å². The van der Waals surface area contributed by atoms with Crippen LogP contribution in [0, 0.1) is 5.92 Å². The van der Waals surface area contributed by atoms with E-state index >= 15 is 0 Å². The summed E-state index contributed by atoms with van der Waals surface area (Å²) in [4.78, 5) is 13.3. The number of rotatable bonds is 6. The maximum Gasteiger partial charge on any atom is 0.153 e. The topological polar surface area (TPSA) is 75.6 Å². The molecule has 0 radical (unpaired) electrons. The van der Waals surface area contributed by atoms with Crippen LogP contribution >= 0.6 is 0 Å². The minimum atomic E-state index is -2.97. The van der Waals surface area contributed by atoms with Crippen LogP contribution in [0.25, 0.3) is 0 Å². The molecule has 2 aliphatic heterocycles. The number of hydrogen-bond donors (Lipinski definition) is 0. The summed E-state index contributed by atoms with van der Waals surface area (Å²) in [6, 6.07) is 0.172. The maximum atomic E-state index is 12.3. The van der Waals surface area contributed by atoms with Crippen LogP contribution in [-0.2, 0) is 27.7 Å². The van der Waals surface area contributed by atoms with Gasteiger partial charge in [0.2, 0.25) is 0 Å². The number of hydrogen-bond acceptors (Lipinski definition) is 7. The molecule has 2 saturated heterocycles. The largest absolute Gasteiger partial charge is 0.377 e. The average Bonchev–Trinajstić information content (AvgIpc) is 2.87. The highest BCUT2D eigenvalue weighted by atomic mass is 32.2. The molecule has 1 aromatic rings. The van der Waals surface area contributed by atoms with Crippen LogP contribution in [-0.4, -0.2) is 78.5 Å². The third kappa shape index (κ3) is 4.55. The quantitative estimate of drug-likeness (QED) is 0.726. The van der Waals surface area contributed by atoms with Crippen LogP contribution in [0.2, 0.25) is 0 Å². The van der Waals surface area contributed by atoms with Crippen molar-refractivity contribution in [1.82, 2.24) is 19.8 Å². The first kappa shape index (κ1) is 18.7. The zero-order chi connectivity index (χ0) is 18.0. The van der Waals surface area contributed by atoms with E-state index in [0.29, 0.717) is 24.9 Å². The van der Waals surface area contributed by atoms with E-state index in [9.17, 15) is 8.42 Å². The molecule has 0 N–H and O–H groups in total. The molecule has 7 nitrogen and oxygen atoms in total. The van der Waals surface area contributed by atoms with Gasteiger partial charge >= 0.3 is 0 Å². The van der Waals surface area contributed by atoms with Gasteiger partial charge < -0.3 is 4.74 Å². The number of sulfone groups is 1. The second-order valence-electron chi connectivity index (χ2n) is 7.51. The van der Waals surface area contributed by atoms with Crippen molar-refractivity contribution in [3.63, 3.8) is 0 Å². The van der Waals surface area contributed by atoms with Crippen molar-refractivity contribution in [3.8, 4) is 0 Å². The van der Waals surface area contributed by atoms with E-state index in [-0.39, 0.29) is 23.6 Å². The molecule has 0 aliphatic carbocycles. The standard InChI is InChI=1S/C17H28N4O3S/c1-13(2)8-20-4-5-21(16-12-25(22,23)11-15(16)20)9-14-6-18-17(10-24-3)19-7-14/h6-7,13,15-16H,4-5,8-12H2,1-3H3/t15-,16+/m1/s1. The molecule has 25 heavy (non-hydrogen) atoms. The van der Waals surface area contributed by atoms with E-state index in [1.165, 1.54) is 0 Å². The molecule has 140 valence electrons. The number of nitrogens with zero attached hydrogens (tertiary/aromatic N) is 4. The Labute approximate surface area is 150 Å². The zero-order valence-electron chi connectivity index (χ0n) is 15.3. The Balaban J connectivity index is 1.72. The predicted octanol–water partition coefficient (Wildman–Crippen LogP) is 0.562. The number of aromatic nitrogens is 2. The lowest BCUT2D eigenvalue weighted by atomic mass is 10.0. The van der Waals surface area contributed by atoms with Crippen molar-refractivity contribution in [2.45, 2.75) is 39.1 Å². The second-order valence-corrected chi connectivity index (χ2v) is 9.67. The summed E-state index contributed by atoms with van der Waals surface area (Å²) in [5.41, 5.74) is 1.01. The lowest BCUT2D eigenvalue weighted by Gasteiger charge is -2.44. The van der Waals surface area contributed by atoms with E-state index in [4.69, 9.17) is 4.74 Å². The maximum absolute atomic E-state index is 12.3. The molecule has 3 heterocycles. The molecular formula is C17H28N4O3S. The van der Waals surface area contributed by atoms with Gasteiger partial charge in [0.1, 0.15) is 6.61 Å². The van der Waals surface area contributed by atoms with Gasteiger partial charge in [-0.05, 0) is 5.92 Å². The van der Waals surface area contributed by atoms with Crippen LogP contribution in [0.15, 0.2) is 12.4 Å². The van der Waals surface area contributed by atoms with Crippen molar-refractivity contribution in [2.75, 3.05) is 38.2 Å². The molecule has 0 bridgehead atoms. The molecule has 8 heteroatoms. The third-order valence-corrected chi connectivity index (χ3v) is 6.62. The minimum Gasteiger partial charge on any atom is -0.377 e. The minimum absolute atomic E-state index is 0.0659. The van der Waals surface area contributed by atoms with Crippen molar-refractivity contribution in [2.24, 2.45) is 5.92 Å². The summed E-state index contributed by atoms with van der Waals surface area (Å²) in [5.74, 6) is 1.74. The first-order chi connectivity index (χ1) is 11.9. The Bertz CT molecular complexity index is 678. The number of ether oxygens (including phenoxy) is 1. The van der Waals surface area contributed by atoms with Gasteiger partial charge in [-0.1, -0.05) is 13.8 Å². The molecule has 0 spiro atoms. The van der Waals surface area contributed by atoms with Gasteiger partial charge in [-0.3, -0.25) is 9.80 Å². The SMILES string of the molecule is COCc1ncc(CN2CCN(CC(C)C)[C@@H]3CS(=O)(=O)C[C@@H]32)cn1. The Morgan fingerprint density at radius 3 is 2.36 bits per heavy atom. The first-order valence-electron chi connectivity index (χ1n) is 8.85. The summed E-state index contributed by atoms with van der Waals surface area (Å²) in [5, 5.41) is 0. The van der Waals surface area contributed by atoms with Crippen molar-refractivity contribution in [1.29, 1.82) is 0 Å². The summed E-state index contributed by atoms with van der Waals surface area (Å²) in [6.45, 7) is 8.21. The van der Waals surface area contributed by atoms with Crippen LogP contribution in [0.4, 0.5) is 0 Å². The van der Waals surface area contributed by atoms with Crippen LogP contribution in [0.1, 0.15) is 25.2 Å². The van der Waals surface area contributed by atoms with Crippen LogP contribution in [0.3, 0.4) is 0 Å². The van der Waals surface area contributed by atoms with Gasteiger partial charge in [-0.15, -0.1) is 0 Å². The summed E-state index contributed by atoms with van der Waals surface area (Å²) in [6.07, 6.45) is 3.64. The normalized spacial score (nSPS) is 26.9. The predicted molar refractivity (Wildman–Crippen MR) is 95.8 cm³/mol. The fourth-order valence-electron chi connectivity index (χ4n) is 3.89. The van der Waals surface area contributed by atoms with Crippen molar-refractivity contribution < 1.29 is 13.2 Å². The van der Waals surface area contributed by atoms with E-state index < -0.39 is 9.84 Å². The Kier molecular flexibility index (Phi) is 5.72. The summed E-state index contributed by atoms with van der Waals surface area (Å²) >= 11 is 0. The van der Waals surface area contributed by atoms with Gasteiger partial charge in [-0.2, -0.15) is 0 Å². The fourth-order valence-corrected chi connectivity index (χ4v) is 5.93.